The maximum absolute atomic E-state index is 12.7. The summed E-state index contributed by atoms with van der Waals surface area (Å²) < 4.78 is 5.92. The van der Waals surface area contributed by atoms with Crippen LogP contribution in [0.3, 0.4) is 0 Å². The van der Waals surface area contributed by atoms with E-state index >= 15 is 0 Å². The molecule has 4 fully saturated rings. The molecule has 2 saturated heterocycles. The molecule has 3 heteroatoms. The normalized spacial score (nSPS) is 48.6. The Morgan fingerprint density at radius 3 is 2.96 bits per heavy atom. The van der Waals surface area contributed by atoms with Gasteiger partial charge >= 0.3 is 5.97 Å². The van der Waals surface area contributed by atoms with Crippen molar-refractivity contribution in [3.63, 3.8) is 0 Å². The van der Waals surface area contributed by atoms with Gasteiger partial charge in [0.05, 0.1) is 19.1 Å². The Bertz CT molecular complexity index is 530. The number of allylic oxidation sites excluding steroid dienone is 1. The number of carbonyl (C=O) groups excluding carboxylic acids is 1. The van der Waals surface area contributed by atoms with Gasteiger partial charge in [-0.2, -0.15) is 0 Å². The Balaban J connectivity index is 1.51. The number of hydrogen-bond acceptors (Lipinski definition) is 2. The zero-order valence-corrected chi connectivity index (χ0v) is 15.5. The zero-order chi connectivity index (χ0) is 16.9. The average Bonchev–Trinajstić information content (AvgIpc) is 2.82. The molecule has 2 saturated carbocycles. The van der Waals surface area contributed by atoms with Crippen LogP contribution in [0.4, 0.5) is 0 Å². The standard InChI is InChI=1S/C21H33NO2/c1-14-7-6-9-21(3)12-19-16(11-18(14)21)17(20(23)24-19)13-22-10-5-4-8-15(22)2/h15-19H,1,4-13H2,2-3H3/p+1/t15-,16+,17+,18+,19+,21+/m0/s1. The van der Waals surface area contributed by atoms with Crippen molar-refractivity contribution in [2.45, 2.75) is 77.4 Å². The average molecular weight is 333 g/mol. The molecule has 134 valence electrons. The number of rotatable bonds is 2. The van der Waals surface area contributed by atoms with E-state index in [1.807, 2.05) is 0 Å². The van der Waals surface area contributed by atoms with E-state index in [2.05, 4.69) is 20.4 Å². The van der Waals surface area contributed by atoms with Crippen LogP contribution in [0.5, 0.6) is 0 Å². The van der Waals surface area contributed by atoms with Crippen molar-refractivity contribution >= 4 is 5.97 Å². The van der Waals surface area contributed by atoms with Crippen LogP contribution in [0.15, 0.2) is 12.2 Å². The van der Waals surface area contributed by atoms with Gasteiger partial charge in [-0.05, 0) is 69.6 Å². The predicted molar refractivity (Wildman–Crippen MR) is 94.7 cm³/mol. The van der Waals surface area contributed by atoms with Crippen molar-refractivity contribution in [1.29, 1.82) is 0 Å². The van der Waals surface area contributed by atoms with Crippen molar-refractivity contribution < 1.29 is 14.4 Å². The van der Waals surface area contributed by atoms with Crippen LogP contribution in [0, 0.1) is 23.2 Å². The van der Waals surface area contributed by atoms with Gasteiger partial charge in [-0.25, -0.2) is 0 Å². The van der Waals surface area contributed by atoms with Crippen LogP contribution in [0.1, 0.15) is 65.2 Å². The molecule has 0 spiro atoms. The first-order valence-electron chi connectivity index (χ1n) is 10.2. The van der Waals surface area contributed by atoms with Crippen molar-refractivity contribution in [1.82, 2.24) is 0 Å². The number of fused-ring (bicyclic) bond motifs is 2. The lowest BCUT2D eigenvalue weighted by atomic mass is 9.55. The minimum absolute atomic E-state index is 0.100. The third-order valence-electron chi connectivity index (χ3n) is 7.88. The minimum Gasteiger partial charge on any atom is -0.462 e. The third kappa shape index (κ3) is 2.73. The smallest absolute Gasteiger partial charge is 0.315 e. The summed E-state index contributed by atoms with van der Waals surface area (Å²) in [6.45, 7) is 11.4. The van der Waals surface area contributed by atoms with Gasteiger partial charge in [0.2, 0.25) is 0 Å². The Morgan fingerprint density at radius 1 is 1.33 bits per heavy atom. The summed E-state index contributed by atoms with van der Waals surface area (Å²) in [5.41, 5.74) is 1.76. The van der Waals surface area contributed by atoms with E-state index in [1.54, 1.807) is 4.90 Å². The fourth-order valence-corrected chi connectivity index (χ4v) is 6.33. The highest BCUT2D eigenvalue weighted by molar-refractivity contribution is 5.75. The highest BCUT2D eigenvalue weighted by Gasteiger charge is 2.56. The van der Waals surface area contributed by atoms with Crippen LogP contribution in [0.25, 0.3) is 0 Å². The Hall–Kier alpha value is -0.830. The van der Waals surface area contributed by atoms with Gasteiger partial charge < -0.3 is 9.64 Å². The highest BCUT2D eigenvalue weighted by Crippen LogP contribution is 2.56. The minimum atomic E-state index is 0.100. The summed E-state index contributed by atoms with van der Waals surface area (Å²) in [5, 5.41) is 0. The van der Waals surface area contributed by atoms with E-state index in [9.17, 15) is 4.79 Å². The number of carbonyl (C=O) groups is 1. The van der Waals surface area contributed by atoms with E-state index in [1.165, 1.54) is 50.6 Å². The first-order valence-corrected chi connectivity index (χ1v) is 10.2. The molecule has 1 N–H and O–H groups in total. The van der Waals surface area contributed by atoms with E-state index in [0.29, 0.717) is 23.3 Å². The molecular formula is C21H34NO2+. The highest BCUT2D eigenvalue weighted by atomic mass is 16.6. The van der Waals surface area contributed by atoms with E-state index in [0.717, 1.165) is 19.4 Å². The molecule has 0 aromatic rings. The molecule has 3 nitrogen and oxygen atoms in total. The van der Waals surface area contributed by atoms with Crippen LogP contribution < -0.4 is 4.90 Å². The molecule has 1 unspecified atom stereocenters. The largest absolute Gasteiger partial charge is 0.462 e. The van der Waals surface area contributed by atoms with Crippen LogP contribution >= 0.6 is 0 Å². The lowest BCUT2D eigenvalue weighted by molar-refractivity contribution is -0.931. The van der Waals surface area contributed by atoms with Crippen molar-refractivity contribution in [2.75, 3.05) is 13.1 Å². The maximum Gasteiger partial charge on any atom is 0.315 e. The summed E-state index contributed by atoms with van der Waals surface area (Å²) in [5.74, 6) is 1.28. The van der Waals surface area contributed by atoms with Crippen LogP contribution in [0.2, 0.25) is 0 Å². The SMILES string of the molecule is C=C1CCC[C@]2(C)C[C@H]3OC(=O)[C@H](C[NH+]4CCCC[C@@H]4C)[C@H]3C[C@H]12. The van der Waals surface area contributed by atoms with E-state index in [-0.39, 0.29) is 18.0 Å². The molecule has 4 aliphatic rings. The van der Waals surface area contributed by atoms with Gasteiger partial charge in [0.25, 0.3) is 0 Å². The summed E-state index contributed by atoms with van der Waals surface area (Å²) in [7, 11) is 0. The van der Waals surface area contributed by atoms with Crippen molar-refractivity contribution in [3.8, 4) is 0 Å². The van der Waals surface area contributed by atoms with Gasteiger partial charge in [-0.1, -0.05) is 19.1 Å². The number of hydrogen-bond donors (Lipinski definition) is 1. The third-order valence-corrected chi connectivity index (χ3v) is 7.88. The molecule has 0 radical (unpaired) electrons. The second-order valence-electron chi connectivity index (χ2n) is 9.41. The Kier molecular flexibility index (Phi) is 4.27. The summed E-state index contributed by atoms with van der Waals surface area (Å²) in [6, 6.07) is 0.698. The van der Waals surface area contributed by atoms with Crippen molar-refractivity contribution in [3.05, 3.63) is 12.2 Å². The molecule has 0 aromatic carbocycles. The lowest BCUT2D eigenvalue weighted by Crippen LogP contribution is -3.17. The number of esters is 1. The summed E-state index contributed by atoms with van der Waals surface area (Å²) in [4.78, 5) is 14.3. The monoisotopic (exact) mass is 332 g/mol. The quantitative estimate of drug-likeness (QED) is 0.623. The molecule has 7 atom stereocenters. The van der Waals surface area contributed by atoms with Gasteiger partial charge in [0.1, 0.15) is 12.0 Å². The van der Waals surface area contributed by atoms with Crippen LogP contribution in [-0.2, 0) is 9.53 Å². The number of likely N-dealkylation sites (tertiary alicyclic amines) is 1. The lowest BCUT2D eigenvalue weighted by Gasteiger charge is -2.50. The van der Waals surface area contributed by atoms with Gasteiger partial charge in [0, 0.05) is 5.92 Å². The molecule has 0 bridgehead atoms. The fourth-order valence-electron chi connectivity index (χ4n) is 6.33. The first-order chi connectivity index (χ1) is 11.5. The van der Waals surface area contributed by atoms with Gasteiger partial charge in [-0.15, -0.1) is 0 Å². The maximum atomic E-state index is 12.7. The second-order valence-corrected chi connectivity index (χ2v) is 9.41. The molecule has 0 amide bonds. The summed E-state index contributed by atoms with van der Waals surface area (Å²) >= 11 is 0. The molecule has 24 heavy (non-hydrogen) atoms. The van der Waals surface area contributed by atoms with Crippen LogP contribution in [-0.4, -0.2) is 31.2 Å². The molecule has 2 aliphatic carbocycles. The zero-order valence-electron chi connectivity index (χ0n) is 15.5. The first kappa shape index (κ1) is 16.6. The van der Waals surface area contributed by atoms with Gasteiger partial charge in [0.15, 0.2) is 0 Å². The predicted octanol–water partition coefficient (Wildman–Crippen LogP) is 2.76. The second kappa shape index (κ2) is 6.16. The number of piperidine rings is 1. The Labute approximate surface area is 146 Å². The number of ether oxygens (including phenoxy) is 1. The summed E-state index contributed by atoms with van der Waals surface area (Å²) in [6.07, 6.45) is 10.1. The molecule has 2 heterocycles. The van der Waals surface area contributed by atoms with E-state index in [4.69, 9.17) is 4.74 Å². The molecule has 2 aliphatic heterocycles. The topological polar surface area (TPSA) is 30.7 Å². The fraction of sp³-hybridized carbons (Fsp3) is 0.857. The number of nitrogens with one attached hydrogen (secondary N) is 1. The van der Waals surface area contributed by atoms with Gasteiger partial charge in [-0.3, -0.25) is 4.79 Å². The Morgan fingerprint density at radius 2 is 2.17 bits per heavy atom. The number of quaternary nitrogens is 1. The van der Waals surface area contributed by atoms with Crippen molar-refractivity contribution in [2.24, 2.45) is 23.2 Å². The molecule has 0 aromatic heterocycles. The van der Waals surface area contributed by atoms with E-state index < -0.39 is 0 Å². The molecule has 4 rings (SSSR count). The molecular weight excluding hydrogens is 298 g/mol.